The zero-order chi connectivity index (χ0) is 11.6. The molecule has 0 bridgehead atoms. The second-order valence-electron chi connectivity index (χ2n) is 1.80. The Kier molecular flexibility index (Phi) is 50.3. The largest absolute Gasteiger partial charge is 1.00 e. The summed E-state index contributed by atoms with van der Waals surface area (Å²) in [7, 11) is -7.29. The second kappa shape index (κ2) is 24.4. The Morgan fingerprint density at radius 3 is 1.39 bits per heavy atom. The molecule has 9 nitrogen and oxygen atoms in total. The zero-order valence-corrected chi connectivity index (χ0v) is 18.0. The first kappa shape index (κ1) is 37.0. The van der Waals surface area contributed by atoms with Crippen molar-refractivity contribution in [1.82, 2.24) is 0 Å². The summed E-state index contributed by atoms with van der Waals surface area (Å²) in [6.07, 6.45) is 0. The summed E-state index contributed by atoms with van der Waals surface area (Å²) in [5.74, 6) is -0.688. The van der Waals surface area contributed by atoms with Gasteiger partial charge in [0, 0.05) is 0 Å². The molecule has 0 saturated carbocycles. The van der Waals surface area contributed by atoms with E-state index in [0.717, 1.165) is 13.2 Å². The predicted molar refractivity (Wildman–Crippen MR) is 45.2 cm³/mol. The molecule has 1 aliphatic heterocycles. The van der Waals surface area contributed by atoms with Gasteiger partial charge in [0.1, 0.15) is 0 Å². The Morgan fingerprint density at radius 1 is 1.17 bits per heavy atom. The average Bonchev–Trinajstić information content (AvgIpc) is 2.64. The van der Waals surface area contributed by atoms with Gasteiger partial charge < -0.3 is 21.3 Å². The maximum atomic E-state index is 9.52. The predicted octanol–water partition coefficient (Wildman–Crippen LogP) is -11.5. The number of aliphatic hydroxyl groups excluding tert-OH is 1. The molecule has 0 aromatic carbocycles. The van der Waals surface area contributed by atoms with Crippen LogP contribution in [0.15, 0.2) is 0 Å². The summed E-state index contributed by atoms with van der Waals surface area (Å²) in [4.78, 5) is 0. The van der Waals surface area contributed by atoms with Crippen molar-refractivity contribution in [2.24, 2.45) is 0 Å². The van der Waals surface area contributed by atoms with Crippen molar-refractivity contribution in [3.8, 4) is 0 Å². The monoisotopic (exact) mass is 336 g/mol. The van der Waals surface area contributed by atoms with Gasteiger partial charge in [-0.2, -0.15) is 0 Å². The van der Waals surface area contributed by atoms with Crippen LogP contribution in [0.3, 0.4) is 0 Å². The van der Waals surface area contributed by atoms with Crippen molar-refractivity contribution in [3.63, 3.8) is 0 Å². The number of hydrogen-bond acceptors (Lipinski definition) is 9. The van der Waals surface area contributed by atoms with Crippen LogP contribution >= 0.6 is 0 Å². The number of aliphatic hydroxyl groups is 1. The summed E-state index contributed by atoms with van der Waals surface area (Å²) in [6, 6.07) is 0. The smallest absolute Gasteiger partial charge is 1.00 e. The van der Waals surface area contributed by atoms with E-state index in [1.54, 1.807) is 0 Å². The first-order valence-corrected chi connectivity index (χ1v) is 5.76. The summed E-state index contributed by atoms with van der Waals surface area (Å²) in [5.41, 5.74) is 0. The molecule has 18 heavy (non-hydrogen) atoms. The van der Waals surface area contributed by atoms with Gasteiger partial charge in [-0.3, -0.25) is 0 Å². The standard InChI is InChI=1S/C2H6O4S.C2H4O.3Na.O3S.H2O.H/c3-1-2-7(4,5)6;1-2-3-1;;;;1-4(2)3;;/h3H,1-2H2,(H,4,5,6);1-2H2;;;;;1H2;/q;;3*+1;;;-1/p-2. The maximum absolute atomic E-state index is 9.52. The van der Waals surface area contributed by atoms with E-state index in [0.29, 0.717) is 0 Å². The molecule has 1 rings (SSSR count). The van der Waals surface area contributed by atoms with E-state index in [2.05, 4.69) is 4.74 Å². The van der Waals surface area contributed by atoms with E-state index in [1.807, 2.05) is 0 Å². The summed E-state index contributed by atoms with van der Waals surface area (Å²) in [5, 5.41) is 7.82. The fraction of sp³-hybridized carbons (Fsp3) is 1.00. The average molecular weight is 336 g/mol. The van der Waals surface area contributed by atoms with Crippen LogP contribution in [0.4, 0.5) is 0 Å². The Morgan fingerprint density at radius 2 is 1.39 bits per heavy atom. The van der Waals surface area contributed by atoms with Gasteiger partial charge in [-0.15, -0.1) is 12.6 Å². The van der Waals surface area contributed by atoms with Crippen LogP contribution < -0.4 is 88.7 Å². The van der Waals surface area contributed by atoms with Crippen LogP contribution in [-0.4, -0.2) is 61.8 Å². The zero-order valence-electron chi connectivity index (χ0n) is 11.4. The fourth-order valence-electron chi connectivity index (χ4n) is 0.112. The van der Waals surface area contributed by atoms with Crippen LogP contribution in [0.2, 0.25) is 0 Å². The van der Waals surface area contributed by atoms with Crippen LogP contribution in [0.5, 0.6) is 0 Å². The molecule has 14 heteroatoms. The summed E-state index contributed by atoms with van der Waals surface area (Å²) < 4.78 is 58.4. The van der Waals surface area contributed by atoms with Crippen molar-refractivity contribution in [3.05, 3.63) is 0 Å². The molecule has 0 spiro atoms. The van der Waals surface area contributed by atoms with Crippen LogP contribution in [0.25, 0.3) is 0 Å². The van der Waals surface area contributed by atoms with Crippen molar-refractivity contribution in [1.29, 1.82) is 0 Å². The van der Waals surface area contributed by atoms with Gasteiger partial charge in [0.2, 0.25) is 0 Å². The van der Waals surface area contributed by atoms with E-state index in [-0.39, 0.29) is 95.6 Å². The van der Waals surface area contributed by atoms with Gasteiger partial charge >= 0.3 is 99.3 Å². The molecule has 0 aromatic rings. The minimum Gasteiger partial charge on any atom is -1.00 e. The fourth-order valence-corrected chi connectivity index (χ4v) is 0.335. The van der Waals surface area contributed by atoms with Gasteiger partial charge in [0.15, 0.2) is 0 Å². The molecule has 0 amide bonds. The molecule has 0 atom stereocenters. The molecule has 1 heterocycles. The van der Waals surface area contributed by atoms with E-state index in [9.17, 15) is 13.0 Å². The van der Waals surface area contributed by atoms with E-state index >= 15 is 0 Å². The van der Waals surface area contributed by atoms with E-state index in [1.165, 1.54) is 0 Å². The van der Waals surface area contributed by atoms with Crippen molar-refractivity contribution in [2.75, 3.05) is 25.6 Å². The molecule has 0 radical (unpaired) electrons. The SMILES string of the molecule is C1CO1.O=S(=O)([O-])CCO.O=S(=O)=O.[H-].[Na+].[Na+].[Na+].[OH-]. The second-order valence-corrected chi connectivity index (χ2v) is 3.73. The number of rotatable bonds is 2. The minimum absolute atomic E-state index is 0. The van der Waals surface area contributed by atoms with E-state index < -0.39 is 33.1 Å². The molecule has 2 N–H and O–H groups in total. The van der Waals surface area contributed by atoms with Crippen LogP contribution in [-0.2, 0) is 25.5 Å². The first-order valence-electron chi connectivity index (χ1n) is 3.18. The number of hydrogen-bond donors (Lipinski definition) is 1. The molecule has 1 aliphatic rings. The third kappa shape index (κ3) is 102. The first-order chi connectivity index (χ1) is 6.29. The molecule has 0 aromatic heterocycles. The molecule has 96 valence electrons. The third-order valence-electron chi connectivity index (χ3n) is 0.545. The molecule has 0 unspecified atom stereocenters. The normalized spacial score (nSPS) is 9.89. The molecule has 1 fully saturated rings. The quantitative estimate of drug-likeness (QED) is 0.292. The molecule has 1 saturated heterocycles. The molecular weight excluding hydrogens is 325 g/mol. The van der Waals surface area contributed by atoms with Crippen molar-refractivity contribution >= 4 is 20.7 Å². The Hall–Kier alpha value is 2.41. The number of ether oxygens (including phenoxy) is 1. The van der Waals surface area contributed by atoms with Gasteiger partial charge in [-0.1, -0.05) is 0 Å². The van der Waals surface area contributed by atoms with Crippen molar-refractivity contribution in [2.45, 2.75) is 0 Å². The molecular formula is C4H11Na3O9S2. The topological polar surface area (TPSA) is 171 Å². The van der Waals surface area contributed by atoms with Gasteiger partial charge in [-0.05, 0) is 0 Å². The van der Waals surface area contributed by atoms with Crippen LogP contribution in [0, 0.1) is 0 Å². The Bertz CT molecular complexity index is 318. The molecule has 0 aliphatic carbocycles. The van der Waals surface area contributed by atoms with Gasteiger partial charge in [0.05, 0.1) is 35.7 Å². The van der Waals surface area contributed by atoms with Crippen LogP contribution in [0.1, 0.15) is 1.43 Å². The van der Waals surface area contributed by atoms with E-state index in [4.69, 9.17) is 17.7 Å². The number of epoxide rings is 1. The van der Waals surface area contributed by atoms with Gasteiger partial charge in [-0.25, -0.2) is 8.42 Å². The van der Waals surface area contributed by atoms with Crippen molar-refractivity contribution < 1.29 is 131 Å². The summed E-state index contributed by atoms with van der Waals surface area (Å²) >= 11 is 0. The maximum Gasteiger partial charge on any atom is 1.00 e. The minimum atomic E-state index is -4.17. The Labute approximate surface area is 175 Å². The Balaban J connectivity index is -0.0000000213. The summed E-state index contributed by atoms with van der Waals surface area (Å²) in [6.45, 7) is 1.41. The van der Waals surface area contributed by atoms with Gasteiger partial charge in [0.25, 0.3) is 0 Å². The third-order valence-corrected chi connectivity index (χ3v) is 1.23.